The van der Waals surface area contributed by atoms with Gasteiger partial charge in [-0.2, -0.15) is 9.61 Å². The summed E-state index contributed by atoms with van der Waals surface area (Å²) in [4.78, 5) is 14.6. The number of aromatic nitrogens is 4. The van der Waals surface area contributed by atoms with Gasteiger partial charge in [0.1, 0.15) is 10.8 Å². The lowest BCUT2D eigenvalue weighted by Crippen LogP contribution is -2.30. The van der Waals surface area contributed by atoms with Gasteiger partial charge in [-0.25, -0.2) is 0 Å². The second kappa shape index (κ2) is 7.79. The fourth-order valence-electron chi connectivity index (χ4n) is 3.58. The molecular weight excluding hydrogens is 398 g/mol. The molecule has 0 saturated heterocycles. The summed E-state index contributed by atoms with van der Waals surface area (Å²) in [7, 11) is 1.63. The Balaban J connectivity index is 1.35. The number of fused-ring (bicyclic) bond motifs is 2. The van der Waals surface area contributed by atoms with Crippen molar-refractivity contribution in [2.45, 2.75) is 11.4 Å². The molecule has 30 heavy (non-hydrogen) atoms. The highest BCUT2D eigenvalue weighted by Gasteiger charge is 2.24. The summed E-state index contributed by atoms with van der Waals surface area (Å²) in [6.07, 6.45) is 0.905. The maximum atomic E-state index is 12.8. The topological polar surface area (TPSA) is 72.6 Å². The zero-order valence-corrected chi connectivity index (χ0v) is 17.2. The molecule has 1 aliphatic rings. The highest BCUT2D eigenvalue weighted by molar-refractivity contribution is 7.99. The van der Waals surface area contributed by atoms with E-state index < -0.39 is 0 Å². The predicted molar refractivity (Wildman–Crippen MR) is 116 cm³/mol. The van der Waals surface area contributed by atoms with Crippen LogP contribution in [-0.4, -0.2) is 45.1 Å². The molecule has 150 valence electrons. The van der Waals surface area contributed by atoms with E-state index in [1.165, 1.54) is 17.3 Å². The van der Waals surface area contributed by atoms with E-state index in [1.54, 1.807) is 11.6 Å². The van der Waals surface area contributed by atoms with Gasteiger partial charge >= 0.3 is 0 Å². The van der Waals surface area contributed by atoms with E-state index in [0.29, 0.717) is 17.2 Å². The third-order valence-electron chi connectivity index (χ3n) is 5.12. The smallest absolute Gasteiger partial charge is 0.237 e. The van der Waals surface area contributed by atoms with Gasteiger partial charge in [0.15, 0.2) is 11.5 Å². The maximum Gasteiger partial charge on any atom is 0.237 e. The standard InChI is InChI=1S/C22H19N5O2S/c1-29-17-8-6-16(7-9-17)22-24-23-19-10-11-20(25-27(19)22)30-14-21(28)26-13-12-15-4-2-3-5-18(15)26/h2-11H,12-14H2,1H3. The SMILES string of the molecule is COc1ccc(-c2nnc3ccc(SCC(=O)N4CCc5ccccc54)nn23)cc1. The van der Waals surface area contributed by atoms with Gasteiger partial charge in [-0.05, 0) is 54.4 Å². The van der Waals surface area contributed by atoms with Crippen molar-refractivity contribution >= 4 is 29.0 Å². The Morgan fingerprint density at radius 3 is 2.73 bits per heavy atom. The molecule has 5 rings (SSSR count). The van der Waals surface area contributed by atoms with E-state index in [2.05, 4.69) is 21.4 Å². The highest BCUT2D eigenvalue weighted by Crippen LogP contribution is 2.29. The normalized spacial score (nSPS) is 12.9. The van der Waals surface area contributed by atoms with E-state index in [9.17, 15) is 4.79 Å². The first-order valence-electron chi connectivity index (χ1n) is 9.61. The molecular formula is C22H19N5O2S. The number of hydrogen-bond donors (Lipinski definition) is 0. The molecule has 2 aromatic carbocycles. The van der Waals surface area contributed by atoms with Crippen LogP contribution in [0.15, 0.2) is 65.7 Å². The van der Waals surface area contributed by atoms with Crippen molar-refractivity contribution in [3.63, 3.8) is 0 Å². The third kappa shape index (κ3) is 3.39. The molecule has 0 aliphatic carbocycles. The van der Waals surface area contributed by atoms with Gasteiger partial charge in [0, 0.05) is 17.8 Å². The second-order valence-electron chi connectivity index (χ2n) is 6.91. The number of methoxy groups -OCH3 is 1. The summed E-state index contributed by atoms with van der Waals surface area (Å²) >= 11 is 1.42. The van der Waals surface area contributed by atoms with Gasteiger partial charge in [-0.15, -0.1) is 10.2 Å². The molecule has 1 amide bonds. The molecule has 3 heterocycles. The average molecular weight is 417 g/mol. The van der Waals surface area contributed by atoms with Crippen LogP contribution >= 0.6 is 11.8 Å². The predicted octanol–water partition coefficient (Wildman–Crippen LogP) is 3.48. The van der Waals surface area contributed by atoms with Gasteiger partial charge in [-0.1, -0.05) is 30.0 Å². The van der Waals surface area contributed by atoms with Crippen LogP contribution in [0.2, 0.25) is 0 Å². The lowest BCUT2D eigenvalue weighted by Gasteiger charge is -2.16. The summed E-state index contributed by atoms with van der Waals surface area (Å²) in [5.41, 5.74) is 3.80. The number of nitrogens with zero attached hydrogens (tertiary/aromatic N) is 5. The van der Waals surface area contributed by atoms with Crippen LogP contribution in [0.4, 0.5) is 5.69 Å². The zero-order valence-electron chi connectivity index (χ0n) is 16.4. The Bertz CT molecular complexity index is 1220. The number of carbonyl (C=O) groups excluding carboxylic acids is 1. The van der Waals surface area contributed by atoms with Crippen LogP contribution in [-0.2, 0) is 11.2 Å². The van der Waals surface area contributed by atoms with Crippen molar-refractivity contribution in [2.75, 3.05) is 24.3 Å². The minimum atomic E-state index is 0.0889. The van der Waals surface area contributed by atoms with Crippen molar-refractivity contribution in [3.8, 4) is 17.1 Å². The van der Waals surface area contributed by atoms with Crippen LogP contribution in [0, 0.1) is 0 Å². The molecule has 7 nitrogen and oxygen atoms in total. The number of rotatable bonds is 5. The number of hydrogen-bond acceptors (Lipinski definition) is 6. The van der Waals surface area contributed by atoms with Crippen molar-refractivity contribution in [2.24, 2.45) is 0 Å². The lowest BCUT2D eigenvalue weighted by molar-refractivity contribution is -0.116. The Labute approximate surface area is 177 Å². The number of thioether (sulfide) groups is 1. The fraction of sp³-hybridized carbons (Fsp3) is 0.182. The summed E-state index contributed by atoms with van der Waals surface area (Å²) < 4.78 is 6.92. The van der Waals surface area contributed by atoms with Gasteiger partial charge < -0.3 is 9.64 Å². The van der Waals surface area contributed by atoms with Gasteiger partial charge in [-0.3, -0.25) is 4.79 Å². The summed E-state index contributed by atoms with van der Waals surface area (Å²) in [5.74, 6) is 1.84. The van der Waals surface area contributed by atoms with Crippen LogP contribution in [0.3, 0.4) is 0 Å². The molecule has 0 unspecified atom stereocenters. The molecule has 8 heteroatoms. The van der Waals surface area contributed by atoms with E-state index >= 15 is 0 Å². The monoisotopic (exact) mass is 417 g/mol. The largest absolute Gasteiger partial charge is 0.497 e. The molecule has 0 bridgehead atoms. The average Bonchev–Trinajstić information content (AvgIpc) is 3.41. The first-order valence-corrected chi connectivity index (χ1v) is 10.6. The fourth-order valence-corrected chi connectivity index (χ4v) is 4.31. The van der Waals surface area contributed by atoms with Gasteiger partial charge in [0.05, 0.1) is 12.9 Å². The van der Waals surface area contributed by atoms with Crippen LogP contribution in [0.25, 0.3) is 17.0 Å². The first kappa shape index (κ1) is 18.6. The molecule has 0 atom stereocenters. The number of carbonyl (C=O) groups is 1. The Hall–Kier alpha value is -3.39. The molecule has 0 radical (unpaired) electrons. The van der Waals surface area contributed by atoms with E-state index in [1.807, 2.05) is 59.5 Å². The zero-order chi connectivity index (χ0) is 20.5. The third-order valence-corrected chi connectivity index (χ3v) is 6.02. The Morgan fingerprint density at radius 2 is 1.90 bits per heavy atom. The molecule has 0 fully saturated rings. The Morgan fingerprint density at radius 1 is 1.07 bits per heavy atom. The van der Waals surface area contributed by atoms with Crippen LogP contribution in [0.5, 0.6) is 5.75 Å². The minimum Gasteiger partial charge on any atom is -0.497 e. The van der Waals surface area contributed by atoms with Crippen molar-refractivity contribution < 1.29 is 9.53 Å². The second-order valence-corrected chi connectivity index (χ2v) is 7.90. The number of para-hydroxylation sites is 1. The highest BCUT2D eigenvalue weighted by atomic mass is 32.2. The molecule has 0 spiro atoms. The van der Waals surface area contributed by atoms with Crippen LogP contribution < -0.4 is 9.64 Å². The first-order chi connectivity index (χ1) is 14.7. The maximum absolute atomic E-state index is 12.8. The van der Waals surface area contributed by atoms with E-state index in [4.69, 9.17) is 4.74 Å². The number of amides is 1. The molecule has 2 aromatic heterocycles. The quantitative estimate of drug-likeness (QED) is 0.463. The summed E-state index contributed by atoms with van der Waals surface area (Å²) in [5, 5.41) is 13.9. The summed E-state index contributed by atoms with van der Waals surface area (Å²) in [6.45, 7) is 0.734. The molecule has 0 N–H and O–H groups in total. The number of ether oxygens (including phenoxy) is 1. The number of anilines is 1. The number of benzene rings is 2. The molecule has 4 aromatic rings. The summed E-state index contributed by atoms with van der Waals surface area (Å²) in [6, 6.07) is 19.4. The van der Waals surface area contributed by atoms with Crippen molar-refractivity contribution in [3.05, 3.63) is 66.2 Å². The van der Waals surface area contributed by atoms with E-state index in [0.717, 1.165) is 35.0 Å². The van der Waals surface area contributed by atoms with Crippen LogP contribution in [0.1, 0.15) is 5.56 Å². The molecule has 0 saturated carbocycles. The van der Waals surface area contributed by atoms with Gasteiger partial charge in [0.2, 0.25) is 5.91 Å². The minimum absolute atomic E-state index is 0.0889. The van der Waals surface area contributed by atoms with E-state index in [-0.39, 0.29) is 5.91 Å². The van der Waals surface area contributed by atoms with Crippen molar-refractivity contribution in [1.29, 1.82) is 0 Å². The molecule has 1 aliphatic heterocycles. The van der Waals surface area contributed by atoms with Gasteiger partial charge in [0.25, 0.3) is 0 Å². The Kier molecular flexibility index (Phi) is 4.84. The lowest BCUT2D eigenvalue weighted by atomic mass is 10.2. The van der Waals surface area contributed by atoms with Crippen molar-refractivity contribution in [1.82, 2.24) is 19.8 Å².